The second-order valence-corrected chi connectivity index (χ2v) is 10.9. The Kier molecular flexibility index (Phi) is 13.8. The van der Waals surface area contributed by atoms with E-state index in [-0.39, 0.29) is 48.6 Å². The van der Waals surface area contributed by atoms with E-state index in [0.717, 1.165) is 42.6 Å². The Balaban J connectivity index is 0.000000500. The normalized spacial score (nSPS) is 20.2. The highest BCUT2D eigenvalue weighted by atomic mass is 19.1. The molecule has 0 spiro atoms. The fraction of sp³-hybridized carbons (Fsp3) is 0.531. The van der Waals surface area contributed by atoms with Crippen molar-refractivity contribution in [2.24, 2.45) is 5.92 Å². The summed E-state index contributed by atoms with van der Waals surface area (Å²) in [6.07, 6.45) is 3.52. The molecule has 1 unspecified atom stereocenters. The van der Waals surface area contributed by atoms with Gasteiger partial charge in [0.1, 0.15) is 17.2 Å². The fourth-order valence-electron chi connectivity index (χ4n) is 4.25. The predicted octanol–water partition coefficient (Wildman–Crippen LogP) is 4.01. The van der Waals surface area contributed by atoms with Crippen molar-refractivity contribution in [1.82, 2.24) is 20.9 Å². The number of fused-ring (bicyclic) bond motifs is 1. The van der Waals surface area contributed by atoms with Gasteiger partial charge in [-0.15, -0.1) is 0 Å². The van der Waals surface area contributed by atoms with Crippen LogP contribution in [0.2, 0.25) is 0 Å². The van der Waals surface area contributed by atoms with Crippen molar-refractivity contribution in [1.29, 1.82) is 0 Å². The van der Waals surface area contributed by atoms with Gasteiger partial charge in [0, 0.05) is 20.1 Å². The highest BCUT2D eigenvalue weighted by Crippen LogP contribution is 2.34. The molecule has 0 saturated heterocycles. The highest BCUT2D eigenvalue weighted by molar-refractivity contribution is 5.89. The lowest BCUT2D eigenvalue weighted by Crippen LogP contribution is -2.53. The number of likely N-dealkylation sites (N-methyl/N-ethyl adjacent to an activating group) is 1. The first-order valence-corrected chi connectivity index (χ1v) is 14.5. The summed E-state index contributed by atoms with van der Waals surface area (Å²) in [5.41, 5.74) is 1.64. The number of aryl methyl sites for hydroxylation is 2. The van der Waals surface area contributed by atoms with Crippen molar-refractivity contribution in [3.63, 3.8) is 0 Å². The van der Waals surface area contributed by atoms with Gasteiger partial charge in [-0.1, -0.05) is 49.7 Å². The molecule has 1 atom stereocenters. The Hall–Kier alpha value is -3.46. The largest absolute Gasteiger partial charge is 0.486 e. The van der Waals surface area contributed by atoms with Crippen molar-refractivity contribution in [2.75, 3.05) is 33.2 Å². The summed E-state index contributed by atoms with van der Waals surface area (Å²) in [7, 11) is 1.62. The topological polar surface area (TPSA) is 99.8 Å². The highest BCUT2D eigenvalue weighted by Gasteiger charge is 2.39. The van der Waals surface area contributed by atoms with Crippen LogP contribution in [0.15, 0.2) is 48.5 Å². The van der Waals surface area contributed by atoms with Crippen LogP contribution in [0.1, 0.15) is 58.1 Å². The third-order valence-corrected chi connectivity index (χ3v) is 6.63. The van der Waals surface area contributed by atoms with E-state index < -0.39 is 5.60 Å². The average molecular weight is 571 g/mol. The first-order chi connectivity index (χ1) is 19.5. The second kappa shape index (κ2) is 16.7. The maximum absolute atomic E-state index is 13.0. The molecule has 2 aliphatic rings. The lowest BCUT2D eigenvalue weighted by molar-refractivity contribution is -0.137. The maximum Gasteiger partial charge on any atom is 0.240 e. The van der Waals surface area contributed by atoms with E-state index >= 15 is 0 Å². The quantitative estimate of drug-likeness (QED) is 0.481. The molecule has 9 heteroatoms. The molecule has 41 heavy (non-hydrogen) atoms. The van der Waals surface area contributed by atoms with Crippen LogP contribution >= 0.6 is 0 Å². The van der Waals surface area contributed by atoms with Gasteiger partial charge >= 0.3 is 0 Å². The molecule has 3 amide bonds. The SMILES string of the molecule is CC.CN1CC(=O)NCC(=O)NCCCc2ccccc2OC(C)(C)CNC(C2CC2)C1=O.Cc1ccc(F)cc1. The third-order valence-electron chi connectivity index (χ3n) is 6.63. The number of rotatable bonds is 1. The average Bonchev–Trinajstić information content (AvgIpc) is 3.78. The summed E-state index contributed by atoms with van der Waals surface area (Å²) in [6.45, 7) is 10.8. The number of ether oxygens (including phenoxy) is 1. The van der Waals surface area contributed by atoms with Crippen molar-refractivity contribution in [3.8, 4) is 5.75 Å². The number of amides is 3. The summed E-state index contributed by atoms with van der Waals surface area (Å²) in [6, 6.07) is 14.0. The molecule has 4 rings (SSSR count). The second-order valence-electron chi connectivity index (χ2n) is 10.9. The Morgan fingerprint density at radius 3 is 2.24 bits per heavy atom. The molecule has 1 heterocycles. The number of hydrogen-bond donors (Lipinski definition) is 3. The minimum atomic E-state index is -0.529. The number of carbonyl (C=O) groups is 3. The van der Waals surface area contributed by atoms with E-state index in [9.17, 15) is 18.8 Å². The van der Waals surface area contributed by atoms with Crippen LogP contribution in [0.5, 0.6) is 5.75 Å². The number of halogens is 1. The Bertz CT molecular complexity index is 1100. The number of nitrogens with zero attached hydrogens (tertiary/aromatic N) is 1. The predicted molar refractivity (Wildman–Crippen MR) is 160 cm³/mol. The monoisotopic (exact) mass is 570 g/mol. The summed E-state index contributed by atoms with van der Waals surface area (Å²) >= 11 is 0. The summed E-state index contributed by atoms with van der Waals surface area (Å²) in [5, 5.41) is 8.81. The molecule has 8 nitrogen and oxygen atoms in total. The van der Waals surface area contributed by atoms with Gasteiger partial charge in [-0.25, -0.2) is 4.39 Å². The van der Waals surface area contributed by atoms with Gasteiger partial charge in [0.05, 0.1) is 19.1 Å². The number of hydrogen-bond acceptors (Lipinski definition) is 5. The van der Waals surface area contributed by atoms with Crippen LogP contribution in [0, 0.1) is 18.7 Å². The maximum atomic E-state index is 13.0. The zero-order valence-electron chi connectivity index (χ0n) is 25.4. The fourth-order valence-corrected chi connectivity index (χ4v) is 4.25. The number of nitrogens with one attached hydrogen (secondary N) is 3. The van der Waals surface area contributed by atoms with E-state index in [1.807, 2.05) is 58.9 Å². The third kappa shape index (κ3) is 12.3. The molecule has 1 aliphatic carbocycles. The first kappa shape index (κ1) is 33.7. The van der Waals surface area contributed by atoms with Gasteiger partial charge in [-0.05, 0) is 76.1 Å². The number of benzene rings is 2. The summed E-state index contributed by atoms with van der Waals surface area (Å²) in [4.78, 5) is 38.6. The van der Waals surface area contributed by atoms with Gasteiger partial charge in [0.15, 0.2) is 0 Å². The molecule has 0 radical (unpaired) electrons. The van der Waals surface area contributed by atoms with Gasteiger partial charge in [0.25, 0.3) is 0 Å². The molecule has 2 aromatic carbocycles. The zero-order chi connectivity index (χ0) is 30.4. The lowest BCUT2D eigenvalue weighted by atomic mass is 10.1. The van der Waals surface area contributed by atoms with E-state index in [4.69, 9.17) is 4.74 Å². The molecule has 2 aromatic rings. The molecule has 1 fully saturated rings. The minimum absolute atomic E-state index is 0.0791. The van der Waals surface area contributed by atoms with Crippen molar-refractivity contribution in [2.45, 2.75) is 71.9 Å². The van der Waals surface area contributed by atoms with E-state index in [1.165, 1.54) is 17.0 Å². The van der Waals surface area contributed by atoms with Gasteiger partial charge < -0.3 is 25.6 Å². The van der Waals surface area contributed by atoms with E-state index in [0.29, 0.717) is 13.1 Å². The zero-order valence-corrected chi connectivity index (χ0v) is 25.4. The van der Waals surface area contributed by atoms with Crippen LogP contribution in [-0.2, 0) is 20.8 Å². The lowest BCUT2D eigenvalue weighted by Gasteiger charge is -2.31. The van der Waals surface area contributed by atoms with Gasteiger partial charge in [-0.2, -0.15) is 0 Å². The molecule has 1 saturated carbocycles. The molecule has 1 aliphatic heterocycles. The molecule has 0 aromatic heterocycles. The van der Waals surface area contributed by atoms with Crippen molar-refractivity contribution < 1.29 is 23.5 Å². The number of carbonyl (C=O) groups excluding carboxylic acids is 3. The first-order valence-electron chi connectivity index (χ1n) is 14.5. The van der Waals surface area contributed by atoms with Crippen LogP contribution in [-0.4, -0.2) is 67.5 Å². The molecule has 3 N–H and O–H groups in total. The minimum Gasteiger partial charge on any atom is -0.486 e. The number of para-hydroxylation sites is 1. The van der Waals surface area contributed by atoms with Gasteiger partial charge in [-0.3, -0.25) is 14.4 Å². The Morgan fingerprint density at radius 2 is 1.61 bits per heavy atom. The van der Waals surface area contributed by atoms with Crippen molar-refractivity contribution in [3.05, 3.63) is 65.5 Å². The standard InChI is InChI=1S/C23H34N4O4.C7H7F.C2H6/c1-23(2)15-26-21(17-10-11-17)22(30)27(3)14-20(29)25-13-19(28)24-12-6-8-16-7-4-5-9-18(16)31-23;1-6-2-4-7(8)5-3-6;1-2/h4-5,7,9,17,21,26H,6,8,10-15H2,1-3H3,(H,24,28)(H,25,29);2-5H,1H3;1-2H3. The van der Waals surface area contributed by atoms with E-state index in [2.05, 4.69) is 16.0 Å². The molecular formula is C32H47FN4O4. The van der Waals surface area contributed by atoms with Crippen LogP contribution in [0.4, 0.5) is 4.39 Å². The van der Waals surface area contributed by atoms with Crippen LogP contribution < -0.4 is 20.7 Å². The van der Waals surface area contributed by atoms with Crippen LogP contribution in [0.3, 0.4) is 0 Å². The Morgan fingerprint density at radius 1 is 0.951 bits per heavy atom. The molecular weight excluding hydrogens is 523 g/mol. The van der Waals surface area contributed by atoms with Gasteiger partial charge in [0.2, 0.25) is 17.7 Å². The smallest absolute Gasteiger partial charge is 0.240 e. The Labute approximate surface area is 244 Å². The molecule has 0 bridgehead atoms. The van der Waals surface area contributed by atoms with Crippen molar-refractivity contribution >= 4 is 17.7 Å². The molecule has 226 valence electrons. The van der Waals surface area contributed by atoms with Crippen LogP contribution in [0.25, 0.3) is 0 Å². The van der Waals surface area contributed by atoms with E-state index in [1.54, 1.807) is 19.2 Å². The summed E-state index contributed by atoms with van der Waals surface area (Å²) in [5.74, 6) is 0.221. The summed E-state index contributed by atoms with van der Waals surface area (Å²) < 4.78 is 18.4.